The molecule has 0 spiro atoms. The van der Waals surface area contributed by atoms with Gasteiger partial charge in [0.15, 0.2) is 6.29 Å². The van der Waals surface area contributed by atoms with Crippen LogP contribution in [0.25, 0.3) is 0 Å². The minimum atomic E-state index is -0.243. The lowest BCUT2D eigenvalue weighted by atomic mass is 10.2. The molecule has 1 fully saturated rings. The van der Waals surface area contributed by atoms with E-state index in [0.717, 1.165) is 25.9 Å². The fourth-order valence-electron chi connectivity index (χ4n) is 0.953. The monoisotopic (exact) mass is 217 g/mol. The summed E-state index contributed by atoms with van der Waals surface area (Å²) in [6.45, 7) is 7.38. The van der Waals surface area contributed by atoms with Crippen LogP contribution >= 0.6 is 0 Å². The SMILES string of the molecule is C.C=CC.CC(=O)NOC1CCCCO1. The Labute approximate surface area is 92.6 Å². The van der Waals surface area contributed by atoms with Gasteiger partial charge < -0.3 is 4.74 Å². The van der Waals surface area contributed by atoms with Crippen molar-refractivity contribution in [3.05, 3.63) is 12.7 Å². The van der Waals surface area contributed by atoms with Crippen LogP contribution in [-0.4, -0.2) is 18.8 Å². The maximum atomic E-state index is 10.4. The first-order valence-corrected chi connectivity index (χ1v) is 4.81. The first-order chi connectivity index (χ1) is 6.70. The fraction of sp³-hybridized carbons (Fsp3) is 0.727. The van der Waals surface area contributed by atoms with E-state index in [9.17, 15) is 4.79 Å². The van der Waals surface area contributed by atoms with Crippen LogP contribution in [0.2, 0.25) is 0 Å². The summed E-state index contributed by atoms with van der Waals surface area (Å²) in [6, 6.07) is 0. The summed E-state index contributed by atoms with van der Waals surface area (Å²) in [5.74, 6) is -0.195. The van der Waals surface area contributed by atoms with E-state index in [-0.39, 0.29) is 19.6 Å². The smallest absolute Gasteiger partial charge is 0.240 e. The van der Waals surface area contributed by atoms with Gasteiger partial charge in [0.2, 0.25) is 5.91 Å². The number of carbonyl (C=O) groups excluding carboxylic acids is 1. The van der Waals surface area contributed by atoms with Crippen LogP contribution in [0.3, 0.4) is 0 Å². The average molecular weight is 217 g/mol. The molecule has 4 heteroatoms. The summed E-state index contributed by atoms with van der Waals surface area (Å²) < 4.78 is 5.19. The molecule has 0 aliphatic carbocycles. The maximum Gasteiger partial charge on any atom is 0.240 e. The van der Waals surface area contributed by atoms with E-state index in [0.29, 0.717) is 0 Å². The van der Waals surface area contributed by atoms with Crippen molar-refractivity contribution in [1.29, 1.82) is 0 Å². The standard InChI is InChI=1S/C7H13NO3.C3H6.CH4/c1-6(9)8-11-7-4-2-3-5-10-7;1-3-2;/h7H,2-5H2,1H3,(H,8,9);3H,1H2,2H3;1H4. The molecular weight excluding hydrogens is 194 g/mol. The number of hydroxylamine groups is 1. The molecule has 1 atom stereocenters. The zero-order valence-corrected chi connectivity index (χ0v) is 8.91. The van der Waals surface area contributed by atoms with Crippen molar-refractivity contribution in [2.24, 2.45) is 0 Å². The molecule has 1 N–H and O–H groups in total. The van der Waals surface area contributed by atoms with Crippen molar-refractivity contribution >= 4 is 5.91 Å². The lowest BCUT2D eigenvalue weighted by molar-refractivity contribution is -0.199. The van der Waals surface area contributed by atoms with E-state index in [2.05, 4.69) is 12.1 Å². The number of allylic oxidation sites excluding steroid dienone is 1. The van der Waals surface area contributed by atoms with Gasteiger partial charge in [-0.25, -0.2) is 10.3 Å². The summed E-state index contributed by atoms with van der Waals surface area (Å²) in [6.07, 6.45) is 4.55. The van der Waals surface area contributed by atoms with E-state index in [4.69, 9.17) is 9.57 Å². The quantitative estimate of drug-likeness (QED) is 0.570. The molecule has 0 radical (unpaired) electrons. The van der Waals surface area contributed by atoms with Crippen LogP contribution in [-0.2, 0) is 14.4 Å². The first kappa shape index (κ1) is 16.6. The lowest BCUT2D eigenvalue weighted by Crippen LogP contribution is -2.31. The lowest BCUT2D eigenvalue weighted by Gasteiger charge is -2.21. The van der Waals surface area contributed by atoms with Gasteiger partial charge in [0, 0.05) is 20.0 Å². The number of carbonyl (C=O) groups is 1. The molecule has 1 saturated heterocycles. The minimum Gasteiger partial charge on any atom is -0.350 e. The second kappa shape index (κ2) is 11.2. The normalized spacial score (nSPS) is 18.9. The van der Waals surface area contributed by atoms with Crippen molar-refractivity contribution < 1.29 is 14.4 Å². The van der Waals surface area contributed by atoms with Crippen molar-refractivity contribution in [2.45, 2.75) is 46.8 Å². The highest BCUT2D eigenvalue weighted by Gasteiger charge is 2.14. The topological polar surface area (TPSA) is 47.6 Å². The second-order valence-corrected chi connectivity index (χ2v) is 2.98. The van der Waals surface area contributed by atoms with Crippen LogP contribution in [0.5, 0.6) is 0 Å². The third-order valence-corrected chi connectivity index (χ3v) is 1.47. The largest absolute Gasteiger partial charge is 0.350 e. The van der Waals surface area contributed by atoms with Crippen LogP contribution in [0.15, 0.2) is 12.7 Å². The summed E-state index contributed by atoms with van der Waals surface area (Å²) in [5.41, 5.74) is 2.25. The number of rotatable bonds is 2. The maximum absolute atomic E-state index is 10.4. The van der Waals surface area contributed by atoms with E-state index in [1.807, 2.05) is 6.92 Å². The van der Waals surface area contributed by atoms with E-state index >= 15 is 0 Å². The fourth-order valence-corrected chi connectivity index (χ4v) is 0.953. The Kier molecular flexibility index (Phi) is 12.4. The Hall–Kier alpha value is -0.870. The van der Waals surface area contributed by atoms with Crippen molar-refractivity contribution in [3.8, 4) is 0 Å². The van der Waals surface area contributed by atoms with Crippen LogP contribution in [0.1, 0.15) is 40.5 Å². The Morgan fingerprint density at radius 3 is 2.60 bits per heavy atom. The highest BCUT2D eigenvalue weighted by molar-refractivity contribution is 5.71. The predicted molar refractivity (Wildman–Crippen MR) is 61.1 cm³/mol. The molecule has 15 heavy (non-hydrogen) atoms. The molecule has 1 unspecified atom stereocenters. The molecule has 0 aromatic heterocycles. The van der Waals surface area contributed by atoms with Gasteiger partial charge in [-0.15, -0.1) is 6.58 Å². The van der Waals surface area contributed by atoms with Crippen LogP contribution in [0.4, 0.5) is 0 Å². The number of nitrogens with one attached hydrogen (secondary N) is 1. The third kappa shape index (κ3) is 11.1. The molecule has 0 bridgehead atoms. The highest BCUT2D eigenvalue weighted by Crippen LogP contribution is 2.12. The van der Waals surface area contributed by atoms with Crippen LogP contribution in [0, 0.1) is 0 Å². The highest BCUT2D eigenvalue weighted by atomic mass is 16.8. The molecule has 1 aliphatic rings. The van der Waals surface area contributed by atoms with Crippen molar-refractivity contribution in [1.82, 2.24) is 5.48 Å². The van der Waals surface area contributed by atoms with Crippen molar-refractivity contribution in [3.63, 3.8) is 0 Å². The molecule has 90 valence electrons. The number of hydrogen-bond acceptors (Lipinski definition) is 3. The van der Waals surface area contributed by atoms with Gasteiger partial charge in [-0.3, -0.25) is 4.79 Å². The molecule has 0 aromatic carbocycles. The molecule has 1 heterocycles. The number of amides is 1. The molecule has 1 rings (SSSR count). The van der Waals surface area contributed by atoms with Gasteiger partial charge in [-0.2, -0.15) is 0 Å². The van der Waals surface area contributed by atoms with E-state index < -0.39 is 0 Å². The molecule has 4 nitrogen and oxygen atoms in total. The predicted octanol–water partition coefficient (Wildman–Crippen LogP) is 2.41. The van der Waals surface area contributed by atoms with Gasteiger partial charge in [-0.1, -0.05) is 13.5 Å². The van der Waals surface area contributed by atoms with Gasteiger partial charge in [0.25, 0.3) is 0 Å². The van der Waals surface area contributed by atoms with Crippen molar-refractivity contribution in [2.75, 3.05) is 6.61 Å². The Bertz CT molecular complexity index is 165. The van der Waals surface area contributed by atoms with Gasteiger partial charge in [0.05, 0.1) is 0 Å². The minimum absolute atomic E-state index is 0. The Balaban J connectivity index is 0. The average Bonchev–Trinajstić information content (AvgIpc) is 2.18. The Morgan fingerprint density at radius 2 is 2.20 bits per heavy atom. The molecule has 0 saturated carbocycles. The summed E-state index contributed by atoms with van der Waals surface area (Å²) in [4.78, 5) is 15.3. The van der Waals surface area contributed by atoms with E-state index in [1.165, 1.54) is 6.92 Å². The Morgan fingerprint density at radius 1 is 1.60 bits per heavy atom. The molecule has 1 aliphatic heterocycles. The molecule has 1 amide bonds. The van der Waals surface area contributed by atoms with Gasteiger partial charge >= 0.3 is 0 Å². The second-order valence-electron chi connectivity index (χ2n) is 2.98. The van der Waals surface area contributed by atoms with Gasteiger partial charge in [0.1, 0.15) is 0 Å². The zero-order chi connectivity index (χ0) is 10.8. The van der Waals surface area contributed by atoms with E-state index in [1.54, 1.807) is 6.08 Å². The zero-order valence-electron chi connectivity index (χ0n) is 8.91. The molecular formula is C11H23NO3. The number of ether oxygens (including phenoxy) is 1. The number of hydrogen-bond donors (Lipinski definition) is 1. The van der Waals surface area contributed by atoms with Gasteiger partial charge in [-0.05, 0) is 19.8 Å². The first-order valence-electron chi connectivity index (χ1n) is 4.81. The van der Waals surface area contributed by atoms with Crippen LogP contribution < -0.4 is 5.48 Å². The summed E-state index contributed by atoms with van der Waals surface area (Å²) in [7, 11) is 0. The molecule has 0 aromatic rings. The summed E-state index contributed by atoms with van der Waals surface area (Å²) >= 11 is 0. The third-order valence-electron chi connectivity index (χ3n) is 1.47. The summed E-state index contributed by atoms with van der Waals surface area (Å²) in [5, 5.41) is 0.